The molecule has 0 aliphatic carbocycles. The Morgan fingerprint density at radius 2 is 1.90 bits per heavy atom. The summed E-state index contributed by atoms with van der Waals surface area (Å²) in [5, 5.41) is 0.719. The Labute approximate surface area is 65.6 Å². The first-order chi connectivity index (χ1) is 4.83. The number of rotatable bonds is 2. The number of halogens is 1. The van der Waals surface area contributed by atoms with Gasteiger partial charge >= 0.3 is 0 Å². The van der Waals surface area contributed by atoms with Crippen molar-refractivity contribution in [2.45, 2.75) is 0 Å². The summed E-state index contributed by atoms with van der Waals surface area (Å²) >= 11 is 5.64. The van der Waals surface area contributed by atoms with Gasteiger partial charge in [-0.3, -0.25) is 0 Å². The lowest BCUT2D eigenvalue weighted by atomic mass is 10.3. The molecule has 0 aromatic heterocycles. The molecule has 1 rings (SSSR count). The van der Waals surface area contributed by atoms with Crippen LogP contribution in [0.25, 0.3) is 0 Å². The van der Waals surface area contributed by atoms with Crippen LogP contribution in [-0.4, -0.2) is 6.61 Å². The first-order valence-corrected chi connectivity index (χ1v) is 3.38. The highest BCUT2D eigenvalue weighted by molar-refractivity contribution is 6.30. The van der Waals surface area contributed by atoms with E-state index in [1.54, 1.807) is 12.1 Å². The molecule has 0 N–H and O–H groups in total. The number of hydrogen-bond acceptors (Lipinski definition) is 1. The molecule has 0 saturated carbocycles. The molecule has 1 radical (unpaired) electrons. The molecule has 0 spiro atoms. The maximum absolute atomic E-state index is 5.64. The van der Waals surface area contributed by atoms with Crippen molar-refractivity contribution in [1.29, 1.82) is 0 Å². The Bertz CT molecular complexity index is 193. The SMILES string of the molecule is [CH2]COc1ccc(Cl)cc1. The molecule has 0 saturated heterocycles. The van der Waals surface area contributed by atoms with Gasteiger partial charge < -0.3 is 4.74 Å². The van der Waals surface area contributed by atoms with Gasteiger partial charge in [-0.1, -0.05) is 11.6 Å². The summed E-state index contributed by atoms with van der Waals surface area (Å²) in [5.74, 6) is 0.805. The number of benzene rings is 1. The summed E-state index contributed by atoms with van der Waals surface area (Å²) < 4.78 is 5.09. The van der Waals surface area contributed by atoms with E-state index in [0.717, 1.165) is 10.8 Å². The van der Waals surface area contributed by atoms with E-state index >= 15 is 0 Å². The van der Waals surface area contributed by atoms with Gasteiger partial charge in [-0.2, -0.15) is 0 Å². The molecule has 10 heavy (non-hydrogen) atoms. The second kappa shape index (κ2) is 3.47. The van der Waals surface area contributed by atoms with Crippen LogP contribution >= 0.6 is 11.6 Å². The lowest BCUT2D eigenvalue weighted by molar-refractivity contribution is 0.361. The predicted molar refractivity (Wildman–Crippen MR) is 42.3 cm³/mol. The summed E-state index contributed by atoms with van der Waals surface area (Å²) in [6.45, 7) is 3.99. The van der Waals surface area contributed by atoms with Gasteiger partial charge in [0.15, 0.2) is 0 Å². The highest BCUT2D eigenvalue weighted by atomic mass is 35.5. The lowest BCUT2D eigenvalue weighted by Gasteiger charge is -2.00. The maximum Gasteiger partial charge on any atom is 0.119 e. The van der Waals surface area contributed by atoms with Gasteiger partial charge in [0.1, 0.15) is 5.75 Å². The van der Waals surface area contributed by atoms with E-state index in [9.17, 15) is 0 Å². The van der Waals surface area contributed by atoms with Crippen LogP contribution in [-0.2, 0) is 0 Å². The number of hydrogen-bond donors (Lipinski definition) is 0. The van der Waals surface area contributed by atoms with Crippen molar-refractivity contribution in [3.05, 3.63) is 36.2 Å². The third-order valence-corrected chi connectivity index (χ3v) is 1.33. The third kappa shape index (κ3) is 1.92. The van der Waals surface area contributed by atoms with Gasteiger partial charge in [-0.15, -0.1) is 0 Å². The second-order valence-corrected chi connectivity index (χ2v) is 2.24. The smallest absolute Gasteiger partial charge is 0.119 e. The van der Waals surface area contributed by atoms with Crippen molar-refractivity contribution in [2.75, 3.05) is 6.61 Å². The molecular weight excluding hydrogens is 148 g/mol. The van der Waals surface area contributed by atoms with Gasteiger partial charge in [-0.05, 0) is 31.2 Å². The topological polar surface area (TPSA) is 9.23 Å². The van der Waals surface area contributed by atoms with E-state index < -0.39 is 0 Å². The van der Waals surface area contributed by atoms with Gasteiger partial charge in [0.2, 0.25) is 0 Å². The molecule has 1 aromatic carbocycles. The molecule has 0 atom stereocenters. The quantitative estimate of drug-likeness (QED) is 0.638. The van der Waals surface area contributed by atoms with Crippen LogP contribution in [0.5, 0.6) is 5.75 Å². The molecule has 53 valence electrons. The van der Waals surface area contributed by atoms with Crippen LogP contribution in [0.15, 0.2) is 24.3 Å². The molecule has 0 amide bonds. The fourth-order valence-corrected chi connectivity index (χ4v) is 0.775. The van der Waals surface area contributed by atoms with Crippen LogP contribution in [0.4, 0.5) is 0 Å². The zero-order chi connectivity index (χ0) is 7.40. The molecule has 0 bridgehead atoms. The average Bonchev–Trinajstić information content (AvgIpc) is 1.95. The van der Waals surface area contributed by atoms with Crippen LogP contribution in [0.2, 0.25) is 5.02 Å². The summed E-state index contributed by atoms with van der Waals surface area (Å²) in [7, 11) is 0. The van der Waals surface area contributed by atoms with Gasteiger partial charge in [0, 0.05) is 5.02 Å². The predicted octanol–water partition coefficient (Wildman–Crippen LogP) is 2.55. The molecule has 0 heterocycles. The highest BCUT2D eigenvalue weighted by Crippen LogP contribution is 2.14. The van der Waals surface area contributed by atoms with Gasteiger partial charge in [-0.25, -0.2) is 0 Å². The Kier molecular flexibility index (Phi) is 2.57. The Hall–Kier alpha value is -0.690. The van der Waals surface area contributed by atoms with E-state index in [-0.39, 0.29) is 0 Å². The summed E-state index contributed by atoms with van der Waals surface area (Å²) in [6, 6.07) is 7.19. The first kappa shape index (κ1) is 7.42. The van der Waals surface area contributed by atoms with E-state index in [2.05, 4.69) is 6.92 Å². The summed E-state index contributed by atoms with van der Waals surface area (Å²) in [5.41, 5.74) is 0. The van der Waals surface area contributed by atoms with Crippen molar-refractivity contribution in [1.82, 2.24) is 0 Å². The fourth-order valence-electron chi connectivity index (χ4n) is 0.649. The lowest BCUT2D eigenvalue weighted by Crippen LogP contribution is -1.90. The highest BCUT2D eigenvalue weighted by Gasteiger charge is 1.89. The molecule has 0 unspecified atom stereocenters. The van der Waals surface area contributed by atoms with Gasteiger partial charge in [0.05, 0.1) is 6.61 Å². The Balaban J connectivity index is 2.69. The molecule has 1 nitrogen and oxygen atoms in total. The second-order valence-electron chi connectivity index (χ2n) is 1.80. The Morgan fingerprint density at radius 3 is 2.40 bits per heavy atom. The normalized spacial score (nSPS) is 9.40. The average molecular weight is 156 g/mol. The molecule has 2 heteroatoms. The van der Waals surface area contributed by atoms with Crippen molar-refractivity contribution >= 4 is 11.6 Å². The van der Waals surface area contributed by atoms with E-state index in [1.807, 2.05) is 12.1 Å². The van der Waals surface area contributed by atoms with Crippen molar-refractivity contribution in [3.63, 3.8) is 0 Å². The maximum atomic E-state index is 5.64. The monoisotopic (exact) mass is 155 g/mol. The minimum absolute atomic E-state index is 0.446. The molecular formula is C8H8ClO. The van der Waals surface area contributed by atoms with Crippen molar-refractivity contribution in [3.8, 4) is 5.75 Å². The largest absolute Gasteiger partial charge is 0.494 e. The molecule has 0 aliphatic heterocycles. The van der Waals surface area contributed by atoms with Crippen LogP contribution in [0, 0.1) is 6.92 Å². The standard InChI is InChI=1S/C8H8ClO/c1-2-10-8-5-3-7(9)4-6-8/h3-6H,1-2H2. The summed E-state index contributed by atoms with van der Waals surface area (Å²) in [4.78, 5) is 0. The van der Waals surface area contributed by atoms with Crippen LogP contribution in [0.3, 0.4) is 0 Å². The minimum Gasteiger partial charge on any atom is -0.494 e. The van der Waals surface area contributed by atoms with Crippen molar-refractivity contribution in [2.24, 2.45) is 0 Å². The van der Waals surface area contributed by atoms with Crippen LogP contribution in [0.1, 0.15) is 0 Å². The molecule has 0 aliphatic rings. The minimum atomic E-state index is 0.446. The van der Waals surface area contributed by atoms with Gasteiger partial charge in [0.25, 0.3) is 0 Å². The number of ether oxygens (including phenoxy) is 1. The molecule has 1 aromatic rings. The summed E-state index contributed by atoms with van der Waals surface area (Å²) in [6.07, 6.45) is 0. The van der Waals surface area contributed by atoms with Crippen molar-refractivity contribution < 1.29 is 4.74 Å². The van der Waals surface area contributed by atoms with E-state index in [4.69, 9.17) is 16.3 Å². The molecule has 0 fully saturated rings. The zero-order valence-corrected chi connectivity index (χ0v) is 6.27. The fraction of sp³-hybridized carbons (Fsp3) is 0.125. The Morgan fingerprint density at radius 1 is 1.30 bits per heavy atom. The van der Waals surface area contributed by atoms with Crippen LogP contribution < -0.4 is 4.74 Å². The van der Waals surface area contributed by atoms with E-state index in [1.165, 1.54) is 0 Å². The third-order valence-electron chi connectivity index (χ3n) is 1.08. The zero-order valence-electron chi connectivity index (χ0n) is 5.51. The first-order valence-electron chi connectivity index (χ1n) is 3.00. The van der Waals surface area contributed by atoms with E-state index in [0.29, 0.717) is 6.61 Å².